The van der Waals surface area contributed by atoms with Crippen molar-refractivity contribution in [2.45, 2.75) is 11.3 Å². The normalized spacial score (nSPS) is 13.3. The zero-order chi connectivity index (χ0) is 8.10. The minimum Gasteiger partial charge on any atom is -0.391 e. The van der Waals surface area contributed by atoms with Gasteiger partial charge in [0.2, 0.25) is 0 Å². The predicted molar refractivity (Wildman–Crippen MR) is 46.9 cm³/mol. The lowest BCUT2D eigenvalue weighted by Crippen LogP contribution is -2.10. The van der Waals surface area contributed by atoms with Crippen LogP contribution in [0.15, 0.2) is 11.5 Å². The van der Waals surface area contributed by atoms with Crippen molar-refractivity contribution in [3.05, 3.63) is 6.33 Å². The van der Waals surface area contributed by atoms with Gasteiger partial charge in [-0.05, 0) is 0 Å². The lowest BCUT2D eigenvalue weighted by Gasteiger charge is -2.02. The minimum absolute atomic E-state index is 0.329. The Kier molecular flexibility index (Phi) is 3.88. The molecule has 0 bridgehead atoms. The molecule has 0 aliphatic carbocycles. The number of hydrogen-bond acceptors (Lipinski definition) is 4. The molecule has 11 heavy (non-hydrogen) atoms. The van der Waals surface area contributed by atoms with Gasteiger partial charge in [0.15, 0.2) is 5.16 Å². The maximum Gasteiger partial charge on any atom is 0.183 e. The largest absolute Gasteiger partial charge is 0.391 e. The Balaban J connectivity index is 2.23. The maximum absolute atomic E-state index is 9.13. The molecule has 1 atom stereocenters. The zero-order valence-corrected chi connectivity index (χ0v) is 8.10. The van der Waals surface area contributed by atoms with Crippen molar-refractivity contribution in [2.75, 3.05) is 11.1 Å². The topological polar surface area (TPSA) is 61.8 Å². The first-order chi connectivity index (χ1) is 5.33. The number of aromatic nitrogens is 3. The van der Waals surface area contributed by atoms with Crippen molar-refractivity contribution in [2.24, 2.45) is 0 Å². The molecule has 0 saturated heterocycles. The Labute approximate surface area is 76.9 Å². The fourth-order valence-electron chi connectivity index (χ4n) is 0.483. The summed E-state index contributed by atoms with van der Waals surface area (Å²) in [7, 11) is 0. The molecule has 0 saturated carbocycles. The Morgan fingerprint density at radius 1 is 1.82 bits per heavy atom. The number of H-pyrrole nitrogens is 1. The summed E-state index contributed by atoms with van der Waals surface area (Å²) in [6, 6.07) is 0. The first-order valence-corrected chi connectivity index (χ1v) is 5.16. The second-order valence-electron chi connectivity index (χ2n) is 1.91. The van der Waals surface area contributed by atoms with Crippen LogP contribution in [0.1, 0.15) is 0 Å². The van der Waals surface area contributed by atoms with Crippen molar-refractivity contribution >= 4 is 27.7 Å². The molecule has 0 aliphatic heterocycles. The van der Waals surface area contributed by atoms with Gasteiger partial charge in [-0.3, -0.25) is 5.10 Å². The Bertz CT molecular complexity index is 194. The number of aliphatic hydroxyl groups excluding tert-OH is 1. The van der Waals surface area contributed by atoms with Gasteiger partial charge in [-0.1, -0.05) is 27.7 Å². The maximum atomic E-state index is 9.13. The second-order valence-corrected chi connectivity index (χ2v) is 3.57. The number of hydrogen-bond donors (Lipinski definition) is 2. The lowest BCUT2D eigenvalue weighted by atomic mass is 10.5. The molecular weight excluding hydrogens is 230 g/mol. The predicted octanol–water partition coefficient (Wildman–Crippen LogP) is 0.653. The molecule has 1 aromatic rings. The molecule has 0 aliphatic rings. The highest BCUT2D eigenvalue weighted by molar-refractivity contribution is 9.09. The fraction of sp³-hybridized carbons (Fsp3) is 0.600. The van der Waals surface area contributed by atoms with Crippen LogP contribution in [0, 0.1) is 0 Å². The lowest BCUT2D eigenvalue weighted by molar-refractivity contribution is 0.226. The van der Waals surface area contributed by atoms with E-state index < -0.39 is 0 Å². The van der Waals surface area contributed by atoms with Crippen molar-refractivity contribution in [3.63, 3.8) is 0 Å². The van der Waals surface area contributed by atoms with E-state index in [9.17, 15) is 0 Å². The summed E-state index contributed by atoms with van der Waals surface area (Å²) >= 11 is 4.62. The smallest absolute Gasteiger partial charge is 0.183 e. The highest BCUT2D eigenvalue weighted by Gasteiger charge is 2.03. The van der Waals surface area contributed by atoms with E-state index >= 15 is 0 Å². The summed E-state index contributed by atoms with van der Waals surface area (Å²) < 4.78 is 0. The number of alkyl halides is 1. The van der Waals surface area contributed by atoms with E-state index in [0.717, 1.165) is 5.16 Å². The van der Waals surface area contributed by atoms with Gasteiger partial charge < -0.3 is 5.11 Å². The summed E-state index contributed by atoms with van der Waals surface area (Å²) in [6.07, 6.45) is 1.12. The van der Waals surface area contributed by atoms with Crippen LogP contribution in [-0.4, -0.2) is 37.5 Å². The van der Waals surface area contributed by atoms with E-state index in [1.54, 1.807) is 0 Å². The molecule has 0 aromatic carbocycles. The first kappa shape index (κ1) is 9.02. The van der Waals surface area contributed by atoms with Crippen molar-refractivity contribution in [3.8, 4) is 0 Å². The number of halogens is 1. The van der Waals surface area contributed by atoms with E-state index in [1.807, 2.05) is 0 Å². The van der Waals surface area contributed by atoms with Crippen molar-refractivity contribution < 1.29 is 5.11 Å². The summed E-state index contributed by atoms with van der Waals surface area (Å²) in [5.74, 6) is 0.625. The second kappa shape index (κ2) is 4.74. The van der Waals surface area contributed by atoms with E-state index in [4.69, 9.17) is 5.11 Å². The molecule has 4 nitrogen and oxygen atoms in total. The van der Waals surface area contributed by atoms with Gasteiger partial charge in [0, 0.05) is 11.1 Å². The molecule has 1 aromatic heterocycles. The van der Waals surface area contributed by atoms with Crippen LogP contribution in [0.5, 0.6) is 0 Å². The number of thioether (sulfide) groups is 1. The quantitative estimate of drug-likeness (QED) is 0.597. The highest BCUT2D eigenvalue weighted by Crippen LogP contribution is 2.12. The van der Waals surface area contributed by atoms with Crippen LogP contribution < -0.4 is 0 Å². The van der Waals surface area contributed by atoms with Crippen molar-refractivity contribution in [1.29, 1.82) is 0 Å². The third-order valence-corrected chi connectivity index (χ3v) is 2.75. The zero-order valence-electron chi connectivity index (χ0n) is 5.70. The highest BCUT2D eigenvalue weighted by atomic mass is 79.9. The minimum atomic E-state index is -0.329. The molecule has 1 heterocycles. The first-order valence-electron chi connectivity index (χ1n) is 3.05. The number of aromatic amines is 1. The fourth-order valence-corrected chi connectivity index (χ4v) is 1.72. The van der Waals surface area contributed by atoms with Gasteiger partial charge in [-0.25, -0.2) is 4.98 Å². The number of rotatable bonds is 4. The number of nitrogens with zero attached hydrogens (tertiary/aromatic N) is 2. The van der Waals surface area contributed by atoms with Gasteiger partial charge in [-0.15, -0.1) is 0 Å². The average Bonchev–Trinajstić information content (AvgIpc) is 2.52. The molecule has 1 rings (SSSR count). The molecule has 2 N–H and O–H groups in total. The van der Waals surface area contributed by atoms with Crippen molar-refractivity contribution in [1.82, 2.24) is 15.2 Å². The molecule has 0 amide bonds. The molecule has 6 heteroatoms. The third kappa shape index (κ3) is 3.22. The number of nitrogens with one attached hydrogen (secondary N) is 1. The van der Waals surface area contributed by atoms with Crippen LogP contribution in [0.3, 0.4) is 0 Å². The van der Waals surface area contributed by atoms with E-state index in [1.165, 1.54) is 18.1 Å². The molecule has 1 unspecified atom stereocenters. The van der Waals surface area contributed by atoms with Crippen LogP contribution in [0.25, 0.3) is 0 Å². The van der Waals surface area contributed by atoms with E-state index in [2.05, 4.69) is 31.1 Å². The van der Waals surface area contributed by atoms with Gasteiger partial charge in [0.25, 0.3) is 0 Å². The van der Waals surface area contributed by atoms with Crippen LogP contribution in [0.4, 0.5) is 0 Å². The van der Waals surface area contributed by atoms with E-state index in [-0.39, 0.29) is 6.10 Å². The monoisotopic (exact) mass is 237 g/mol. The van der Waals surface area contributed by atoms with Gasteiger partial charge in [0.05, 0.1) is 6.10 Å². The van der Waals surface area contributed by atoms with Gasteiger partial charge in [-0.2, -0.15) is 5.10 Å². The van der Waals surface area contributed by atoms with Gasteiger partial charge in [0.1, 0.15) is 6.33 Å². The summed E-state index contributed by atoms with van der Waals surface area (Å²) in [4.78, 5) is 3.89. The Morgan fingerprint density at radius 3 is 3.18 bits per heavy atom. The summed E-state index contributed by atoms with van der Waals surface area (Å²) in [5, 5.41) is 16.8. The SMILES string of the molecule is OC(CBr)CSc1ncn[nH]1. The molecule has 0 spiro atoms. The molecule has 0 fully saturated rings. The molecule has 0 radical (unpaired) electrons. The molecule has 62 valence electrons. The summed E-state index contributed by atoms with van der Waals surface area (Å²) in [5.41, 5.74) is 0. The number of aliphatic hydroxyl groups is 1. The molecular formula is C5H8BrN3OS. The van der Waals surface area contributed by atoms with Crippen LogP contribution >= 0.6 is 27.7 Å². The van der Waals surface area contributed by atoms with Gasteiger partial charge >= 0.3 is 0 Å². The standard InChI is InChI=1S/C5H8BrN3OS/c6-1-4(10)2-11-5-7-3-8-9-5/h3-4,10H,1-2H2,(H,7,8,9). The average molecular weight is 238 g/mol. The van der Waals surface area contributed by atoms with Crippen LogP contribution in [0.2, 0.25) is 0 Å². The summed E-state index contributed by atoms with van der Waals surface area (Å²) in [6.45, 7) is 0. The Morgan fingerprint density at radius 2 is 2.64 bits per heavy atom. The van der Waals surface area contributed by atoms with Crippen LogP contribution in [-0.2, 0) is 0 Å². The Hall–Kier alpha value is -0.0700. The van der Waals surface area contributed by atoms with E-state index in [0.29, 0.717) is 11.1 Å². The third-order valence-electron chi connectivity index (χ3n) is 0.983.